The molecule has 30 heavy (non-hydrogen) atoms. The number of rotatable bonds is 16. The Kier molecular flexibility index (Phi) is 11.4. The first-order chi connectivity index (χ1) is 14.7. The average Bonchev–Trinajstić information content (AvgIpc) is 2.77. The van der Waals surface area contributed by atoms with Crippen molar-refractivity contribution < 1.29 is 14.7 Å². The van der Waals surface area contributed by atoms with Gasteiger partial charge in [-0.05, 0) is 25.1 Å². The summed E-state index contributed by atoms with van der Waals surface area (Å²) in [6.07, 6.45) is 18.6. The van der Waals surface area contributed by atoms with Crippen molar-refractivity contribution in [2.45, 2.75) is 90.4 Å². The molecule has 1 heterocycles. The van der Waals surface area contributed by atoms with E-state index in [1.165, 1.54) is 82.9 Å². The van der Waals surface area contributed by atoms with Gasteiger partial charge in [0.2, 0.25) is 11.6 Å². The van der Waals surface area contributed by atoms with Crippen molar-refractivity contribution in [3.63, 3.8) is 0 Å². The summed E-state index contributed by atoms with van der Waals surface area (Å²) in [5, 5.41) is 13.5. The van der Waals surface area contributed by atoms with Gasteiger partial charge in [0.05, 0.1) is 11.1 Å². The zero-order valence-electron chi connectivity index (χ0n) is 18.5. The topological polar surface area (TPSA) is 79.3 Å². The zero-order valence-corrected chi connectivity index (χ0v) is 18.5. The van der Waals surface area contributed by atoms with Crippen molar-refractivity contribution in [2.24, 2.45) is 0 Å². The molecule has 0 unspecified atom stereocenters. The van der Waals surface area contributed by atoms with Crippen molar-refractivity contribution in [1.82, 2.24) is 10.3 Å². The van der Waals surface area contributed by atoms with Gasteiger partial charge >= 0.3 is 0 Å². The van der Waals surface area contributed by atoms with Crippen LogP contribution in [0.5, 0.6) is 0 Å². The second kappa shape index (κ2) is 14.1. The molecule has 0 fully saturated rings. The van der Waals surface area contributed by atoms with Crippen LogP contribution < -0.4 is 5.32 Å². The summed E-state index contributed by atoms with van der Waals surface area (Å²) in [6.45, 7) is 3.23. The fourth-order valence-corrected chi connectivity index (χ4v) is 3.93. The molecule has 0 radical (unpaired) electrons. The zero-order chi connectivity index (χ0) is 21.6. The molecule has 1 aromatic heterocycles. The molecule has 0 aliphatic heterocycles. The van der Waals surface area contributed by atoms with Gasteiger partial charge in [-0.2, -0.15) is 0 Å². The maximum absolute atomic E-state index is 12.2. The van der Waals surface area contributed by atoms with Gasteiger partial charge in [0, 0.05) is 12.7 Å². The number of aliphatic hydroxyl groups is 1. The van der Waals surface area contributed by atoms with E-state index in [4.69, 9.17) is 0 Å². The lowest BCUT2D eigenvalue weighted by atomic mass is 9.91. The second-order valence-corrected chi connectivity index (χ2v) is 8.30. The molecule has 2 rings (SSSR count). The van der Waals surface area contributed by atoms with Gasteiger partial charge in [-0.3, -0.25) is 14.6 Å². The van der Waals surface area contributed by atoms with Crippen molar-refractivity contribution in [3.05, 3.63) is 35.2 Å². The number of carbonyl (C=O) groups excluding carboxylic acids is 2. The molecule has 0 bridgehead atoms. The Bertz CT molecular complexity index is 712. The maximum atomic E-state index is 12.2. The predicted molar refractivity (Wildman–Crippen MR) is 122 cm³/mol. The number of ketones is 2. The number of hydrogen-bond donors (Lipinski definition) is 2. The van der Waals surface area contributed by atoms with E-state index >= 15 is 0 Å². The number of carbonyl (C=O) groups is 2. The number of pyridine rings is 1. The van der Waals surface area contributed by atoms with Crippen LogP contribution in [0.3, 0.4) is 0 Å². The van der Waals surface area contributed by atoms with Crippen LogP contribution in [0.25, 0.3) is 5.76 Å². The Labute approximate surface area is 181 Å². The van der Waals surface area contributed by atoms with Crippen LogP contribution in [0.4, 0.5) is 0 Å². The van der Waals surface area contributed by atoms with E-state index in [0.29, 0.717) is 0 Å². The smallest absolute Gasteiger partial charge is 0.235 e. The van der Waals surface area contributed by atoms with E-state index in [2.05, 4.69) is 17.2 Å². The Morgan fingerprint density at radius 1 is 0.833 bits per heavy atom. The Morgan fingerprint density at radius 3 is 2.00 bits per heavy atom. The van der Waals surface area contributed by atoms with Gasteiger partial charge in [-0.1, -0.05) is 84.0 Å². The molecule has 1 aliphatic rings. The largest absolute Gasteiger partial charge is 0.505 e. The lowest BCUT2D eigenvalue weighted by Gasteiger charge is -2.17. The Morgan fingerprint density at radius 2 is 1.40 bits per heavy atom. The minimum absolute atomic E-state index is 0.126. The Balaban J connectivity index is 1.51. The number of Topliss-reactive ketones (excluding diaryl/α,β-unsaturated/α-hetero) is 2. The van der Waals surface area contributed by atoms with Gasteiger partial charge < -0.3 is 10.4 Å². The fraction of sp³-hybridized carbons (Fsp3) is 0.640. The molecule has 1 aromatic rings. The summed E-state index contributed by atoms with van der Waals surface area (Å²) >= 11 is 0. The van der Waals surface area contributed by atoms with Crippen molar-refractivity contribution >= 4 is 17.3 Å². The van der Waals surface area contributed by atoms with Crippen LogP contribution in [0.15, 0.2) is 23.9 Å². The molecule has 0 atom stereocenters. The van der Waals surface area contributed by atoms with Crippen LogP contribution in [0.2, 0.25) is 0 Å². The summed E-state index contributed by atoms with van der Waals surface area (Å²) in [6, 6.07) is 3.12. The lowest BCUT2D eigenvalue weighted by Crippen LogP contribution is -2.31. The van der Waals surface area contributed by atoms with Crippen molar-refractivity contribution in [2.75, 3.05) is 13.1 Å². The first-order valence-electron chi connectivity index (χ1n) is 11.8. The van der Waals surface area contributed by atoms with E-state index in [1.807, 2.05) is 0 Å². The third kappa shape index (κ3) is 7.67. The molecule has 5 nitrogen and oxygen atoms in total. The quantitative estimate of drug-likeness (QED) is 0.264. The summed E-state index contributed by atoms with van der Waals surface area (Å²) < 4.78 is 0. The molecular weight excluding hydrogens is 376 g/mol. The van der Waals surface area contributed by atoms with Crippen LogP contribution in [-0.2, 0) is 4.79 Å². The first kappa shape index (κ1) is 24.3. The summed E-state index contributed by atoms with van der Waals surface area (Å²) in [5.41, 5.74) is 0.515. The molecule has 0 saturated carbocycles. The molecule has 1 aliphatic carbocycles. The summed E-state index contributed by atoms with van der Waals surface area (Å²) in [7, 11) is 0. The van der Waals surface area contributed by atoms with Crippen molar-refractivity contribution in [1.29, 1.82) is 0 Å². The number of aromatic nitrogens is 1. The SMILES string of the molecule is CCCCCCCCCCCCCCCNCC1=C(O)c2ncccc2C(=O)C1=O. The van der Waals surface area contributed by atoms with E-state index in [-0.39, 0.29) is 29.1 Å². The molecule has 0 saturated heterocycles. The van der Waals surface area contributed by atoms with E-state index < -0.39 is 11.6 Å². The highest BCUT2D eigenvalue weighted by atomic mass is 16.3. The molecule has 2 N–H and O–H groups in total. The van der Waals surface area contributed by atoms with Gasteiger partial charge in [-0.25, -0.2) is 0 Å². The summed E-state index contributed by atoms with van der Waals surface area (Å²) in [5.74, 6) is -1.40. The number of nitrogens with zero attached hydrogens (tertiary/aromatic N) is 1. The number of aliphatic hydroxyl groups excluding tert-OH is 1. The lowest BCUT2D eigenvalue weighted by molar-refractivity contribution is -0.112. The molecular formula is C25H38N2O3. The van der Waals surface area contributed by atoms with Crippen LogP contribution >= 0.6 is 0 Å². The highest BCUT2D eigenvalue weighted by Gasteiger charge is 2.33. The third-order valence-electron chi connectivity index (χ3n) is 5.80. The molecule has 0 amide bonds. The van der Waals surface area contributed by atoms with Gasteiger partial charge in [-0.15, -0.1) is 0 Å². The van der Waals surface area contributed by atoms with Crippen LogP contribution in [-0.4, -0.2) is 34.7 Å². The molecule has 0 spiro atoms. The minimum atomic E-state index is -0.633. The molecule has 0 aromatic carbocycles. The minimum Gasteiger partial charge on any atom is -0.505 e. The Hall–Kier alpha value is -2.01. The van der Waals surface area contributed by atoms with E-state index in [0.717, 1.165) is 19.4 Å². The fourth-order valence-electron chi connectivity index (χ4n) is 3.93. The monoisotopic (exact) mass is 414 g/mol. The predicted octanol–water partition coefficient (Wildman–Crippen LogP) is 5.80. The number of hydrogen-bond acceptors (Lipinski definition) is 5. The van der Waals surface area contributed by atoms with Crippen LogP contribution in [0.1, 0.15) is 106 Å². The molecule has 166 valence electrons. The number of unbranched alkanes of at least 4 members (excludes halogenated alkanes) is 12. The van der Waals surface area contributed by atoms with Gasteiger partial charge in [0.15, 0.2) is 0 Å². The first-order valence-corrected chi connectivity index (χ1v) is 11.8. The molecule has 5 heteroatoms. The second-order valence-electron chi connectivity index (χ2n) is 8.30. The average molecular weight is 415 g/mol. The van der Waals surface area contributed by atoms with Gasteiger partial charge in [0.1, 0.15) is 11.5 Å². The third-order valence-corrected chi connectivity index (χ3v) is 5.80. The highest BCUT2D eigenvalue weighted by Crippen LogP contribution is 2.25. The van der Waals surface area contributed by atoms with Gasteiger partial charge in [0.25, 0.3) is 0 Å². The number of nitrogens with one attached hydrogen (secondary N) is 1. The standard InChI is InChI=1S/C25H38N2O3/c1-2-3-4-5-6-7-8-9-10-11-12-13-14-17-26-19-21-23(28)22-20(16-15-18-27-22)24(29)25(21)30/h15-16,18,26,28H,2-14,17,19H2,1H3. The maximum Gasteiger partial charge on any atom is 0.235 e. The van der Waals surface area contributed by atoms with Crippen LogP contribution in [0, 0.1) is 0 Å². The van der Waals surface area contributed by atoms with Crippen molar-refractivity contribution in [3.8, 4) is 0 Å². The summed E-state index contributed by atoms with van der Waals surface area (Å²) in [4.78, 5) is 28.5. The van der Waals surface area contributed by atoms with E-state index in [9.17, 15) is 14.7 Å². The highest BCUT2D eigenvalue weighted by molar-refractivity contribution is 6.52. The normalized spacial score (nSPS) is 13.8. The number of fused-ring (bicyclic) bond motifs is 1. The van der Waals surface area contributed by atoms with E-state index in [1.54, 1.807) is 6.07 Å².